The third-order valence-electron chi connectivity index (χ3n) is 5.09. The first-order valence-corrected chi connectivity index (χ1v) is 7.98. The predicted molar refractivity (Wildman–Crippen MR) is 81.0 cm³/mol. The van der Waals surface area contributed by atoms with Crippen LogP contribution in [0.2, 0.25) is 0 Å². The van der Waals surface area contributed by atoms with Crippen LogP contribution in [-0.4, -0.2) is 11.7 Å². The van der Waals surface area contributed by atoms with E-state index in [9.17, 15) is 5.11 Å². The minimum Gasteiger partial charge on any atom is -0.493 e. The minimum absolute atomic E-state index is 0.347. The second-order valence-electron chi connectivity index (χ2n) is 7.30. The highest BCUT2D eigenvalue weighted by Gasteiger charge is 2.37. The van der Waals surface area contributed by atoms with Gasteiger partial charge in [-0.25, -0.2) is 0 Å². The Morgan fingerprint density at radius 2 is 1.90 bits per heavy atom. The molecule has 20 heavy (non-hydrogen) atoms. The molecule has 1 aromatic rings. The van der Waals surface area contributed by atoms with E-state index in [0.29, 0.717) is 5.41 Å². The summed E-state index contributed by atoms with van der Waals surface area (Å²) in [5.41, 5.74) is 1.95. The van der Waals surface area contributed by atoms with Crippen molar-refractivity contribution in [2.45, 2.75) is 64.4 Å². The first-order valence-electron chi connectivity index (χ1n) is 7.98. The molecule has 1 saturated carbocycles. The number of benzene rings is 1. The standard InChI is InChI=1S/C18H26O2/c1-17(2)9-5-10-18(19,12-11-17)15-8-3-6-14-7-4-13-20-16(14)15/h3,6,8,19H,4-5,7,9-13H2,1-2H3. The van der Waals surface area contributed by atoms with Gasteiger partial charge in [-0.15, -0.1) is 0 Å². The summed E-state index contributed by atoms with van der Waals surface area (Å²) < 4.78 is 5.91. The zero-order chi connectivity index (χ0) is 14.2. The number of aryl methyl sites for hydroxylation is 1. The average Bonchev–Trinajstić information content (AvgIpc) is 2.58. The van der Waals surface area contributed by atoms with Crippen molar-refractivity contribution in [3.05, 3.63) is 29.3 Å². The fourth-order valence-electron chi connectivity index (χ4n) is 3.68. The Bertz CT molecular complexity index is 492. The zero-order valence-electron chi connectivity index (χ0n) is 12.7. The van der Waals surface area contributed by atoms with Crippen LogP contribution >= 0.6 is 0 Å². The fraction of sp³-hybridized carbons (Fsp3) is 0.667. The van der Waals surface area contributed by atoms with Gasteiger partial charge >= 0.3 is 0 Å². The fourth-order valence-corrected chi connectivity index (χ4v) is 3.68. The molecule has 1 aromatic carbocycles. The number of hydrogen-bond acceptors (Lipinski definition) is 2. The van der Waals surface area contributed by atoms with Gasteiger partial charge in [0.2, 0.25) is 0 Å². The molecule has 0 radical (unpaired) electrons. The van der Waals surface area contributed by atoms with Crippen LogP contribution in [0, 0.1) is 5.41 Å². The van der Waals surface area contributed by atoms with E-state index in [1.54, 1.807) is 0 Å². The summed E-state index contributed by atoms with van der Waals surface area (Å²) >= 11 is 0. The Balaban J connectivity index is 1.95. The van der Waals surface area contributed by atoms with Crippen LogP contribution in [0.4, 0.5) is 0 Å². The number of fused-ring (bicyclic) bond motifs is 1. The van der Waals surface area contributed by atoms with Crippen molar-refractivity contribution in [3.8, 4) is 5.75 Å². The van der Waals surface area contributed by atoms with Crippen LogP contribution < -0.4 is 4.74 Å². The van der Waals surface area contributed by atoms with Gasteiger partial charge in [0, 0.05) is 5.56 Å². The van der Waals surface area contributed by atoms with Gasteiger partial charge in [-0.3, -0.25) is 0 Å². The third-order valence-corrected chi connectivity index (χ3v) is 5.09. The molecular weight excluding hydrogens is 248 g/mol. The molecule has 0 bridgehead atoms. The molecule has 0 amide bonds. The van der Waals surface area contributed by atoms with Crippen molar-refractivity contribution in [3.63, 3.8) is 0 Å². The number of hydrogen-bond donors (Lipinski definition) is 1. The molecule has 3 rings (SSSR count). The Kier molecular flexibility index (Phi) is 3.53. The van der Waals surface area contributed by atoms with Gasteiger partial charge in [0.15, 0.2) is 0 Å². The van der Waals surface area contributed by atoms with Gasteiger partial charge < -0.3 is 9.84 Å². The van der Waals surface area contributed by atoms with Crippen molar-refractivity contribution in [2.24, 2.45) is 5.41 Å². The Hall–Kier alpha value is -1.02. The van der Waals surface area contributed by atoms with E-state index in [4.69, 9.17) is 4.74 Å². The Labute approximate surface area is 122 Å². The lowest BCUT2D eigenvalue weighted by Crippen LogP contribution is -2.27. The topological polar surface area (TPSA) is 29.5 Å². The summed E-state index contributed by atoms with van der Waals surface area (Å²) in [6.07, 6.45) is 7.23. The van der Waals surface area contributed by atoms with E-state index >= 15 is 0 Å². The Morgan fingerprint density at radius 3 is 2.75 bits per heavy atom. The van der Waals surface area contributed by atoms with Crippen LogP contribution in [0.3, 0.4) is 0 Å². The molecule has 1 fully saturated rings. The van der Waals surface area contributed by atoms with Crippen molar-refractivity contribution >= 4 is 0 Å². The van der Waals surface area contributed by atoms with Gasteiger partial charge in [0.05, 0.1) is 12.2 Å². The zero-order valence-corrected chi connectivity index (χ0v) is 12.7. The van der Waals surface area contributed by atoms with Gasteiger partial charge in [0.1, 0.15) is 5.75 Å². The molecule has 1 heterocycles. The van der Waals surface area contributed by atoms with E-state index < -0.39 is 5.60 Å². The summed E-state index contributed by atoms with van der Waals surface area (Å²) in [5, 5.41) is 11.2. The van der Waals surface area contributed by atoms with Crippen molar-refractivity contribution in [1.82, 2.24) is 0 Å². The lowest BCUT2D eigenvalue weighted by molar-refractivity contribution is 0.0148. The van der Waals surface area contributed by atoms with Gasteiger partial charge in [-0.2, -0.15) is 0 Å². The first kappa shape index (κ1) is 13.9. The SMILES string of the molecule is CC1(C)CCCC(O)(c2cccc3c2OCCC3)CC1. The van der Waals surface area contributed by atoms with E-state index in [2.05, 4.69) is 32.0 Å². The molecule has 2 heteroatoms. The molecule has 1 atom stereocenters. The largest absolute Gasteiger partial charge is 0.493 e. The normalized spacial score (nSPS) is 29.1. The highest BCUT2D eigenvalue weighted by atomic mass is 16.5. The molecule has 0 aromatic heterocycles. The molecule has 1 aliphatic carbocycles. The summed E-state index contributed by atoms with van der Waals surface area (Å²) in [7, 11) is 0. The molecule has 0 saturated heterocycles. The highest BCUT2D eigenvalue weighted by molar-refractivity contribution is 5.46. The average molecular weight is 274 g/mol. The summed E-state index contributed by atoms with van der Waals surface area (Å²) in [6.45, 7) is 5.41. The monoisotopic (exact) mass is 274 g/mol. The smallest absolute Gasteiger partial charge is 0.128 e. The molecule has 0 spiro atoms. The molecule has 1 N–H and O–H groups in total. The van der Waals surface area contributed by atoms with E-state index in [1.165, 1.54) is 12.0 Å². The van der Waals surface area contributed by atoms with Gasteiger partial charge in [0.25, 0.3) is 0 Å². The van der Waals surface area contributed by atoms with Gasteiger partial charge in [-0.05, 0) is 55.9 Å². The molecule has 2 aliphatic rings. The second kappa shape index (κ2) is 5.07. The van der Waals surface area contributed by atoms with Crippen molar-refractivity contribution in [2.75, 3.05) is 6.61 Å². The summed E-state index contributed by atoms with van der Waals surface area (Å²) in [5.74, 6) is 0.973. The maximum Gasteiger partial charge on any atom is 0.128 e. The third kappa shape index (κ3) is 2.58. The van der Waals surface area contributed by atoms with Crippen LogP contribution in [0.15, 0.2) is 18.2 Å². The van der Waals surface area contributed by atoms with E-state index in [-0.39, 0.29) is 0 Å². The second-order valence-corrected chi connectivity index (χ2v) is 7.30. The summed E-state index contributed by atoms with van der Waals surface area (Å²) in [6, 6.07) is 6.29. The summed E-state index contributed by atoms with van der Waals surface area (Å²) in [4.78, 5) is 0. The van der Waals surface area contributed by atoms with Crippen LogP contribution in [0.1, 0.15) is 63.5 Å². The number of para-hydroxylation sites is 1. The highest BCUT2D eigenvalue weighted by Crippen LogP contribution is 2.46. The number of rotatable bonds is 1. The number of ether oxygens (including phenoxy) is 1. The molecule has 1 aliphatic heterocycles. The lowest BCUT2D eigenvalue weighted by atomic mass is 9.81. The molecule has 110 valence electrons. The maximum atomic E-state index is 11.2. The van der Waals surface area contributed by atoms with Crippen LogP contribution in [0.25, 0.3) is 0 Å². The molecule has 2 nitrogen and oxygen atoms in total. The minimum atomic E-state index is -0.698. The van der Waals surface area contributed by atoms with Crippen molar-refractivity contribution < 1.29 is 9.84 Å². The quantitative estimate of drug-likeness (QED) is 0.778. The van der Waals surface area contributed by atoms with Gasteiger partial charge in [-0.1, -0.05) is 32.0 Å². The van der Waals surface area contributed by atoms with E-state index in [1.807, 2.05) is 0 Å². The Morgan fingerprint density at radius 1 is 1.05 bits per heavy atom. The van der Waals surface area contributed by atoms with Crippen LogP contribution in [0.5, 0.6) is 5.75 Å². The molecular formula is C18H26O2. The molecule has 1 unspecified atom stereocenters. The first-order chi connectivity index (χ1) is 9.50. The van der Waals surface area contributed by atoms with E-state index in [0.717, 1.165) is 56.4 Å². The lowest BCUT2D eigenvalue weighted by Gasteiger charge is -2.32. The predicted octanol–water partition coefficient (Wildman–Crippen LogP) is 4.19. The maximum absolute atomic E-state index is 11.2. The number of aliphatic hydroxyl groups is 1. The van der Waals surface area contributed by atoms with Crippen LogP contribution in [-0.2, 0) is 12.0 Å². The van der Waals surface area contributed by atoms with Crippen molar-refractivity contribution in [1.29, 1.82) is 0 Å².